The van der Waals surface area contributed by atoms with Crippen molar-refractivity contribution in [3.8, 4) is 0 Å². The number of unbranched alkanes of at least 4 members (excludes halogenated alkanes) is 1. The lowest BCUT2D eigenvalue weighted by molar-refractivity contribution is 0.668. The van der Waals surface area contributed by atoms with Gasteiger partial charge in [-0.1, -0.05) is 20.3 Å². The Kier molecular flexibility index (Phi) is 5.93. The van der Waals surface area contributed by atoms with E-state index in [0.29, 0.717) is 0 Å². The van der Waals surface area contributed by atoms with Crippen LogP contribution in [0, 0.1) is 0 Å². The molecule has 0 atom stereocenters. The van der Waals surface area contributed by atoms with E-state index in [4.69, 9.17) is 0 Å². The van der Waals surface area contributed by atoms with Crippen LogP contribution < -0.4 is 5.32 Å². The first-order valence-corrected chi connectivity index (χ1v) is 5.87. The molecule has 0 aliphatic carbocycles. The van der Waals surface area contributed by atoms with Gasteiger partial charge in [-0.25, -0.2) is 9.97 Å². The highest BCUT2D eigenvalue weighted by molar-refractivity contribution is 5.04. The van der Waals surface area contributed by atoms with Crippen LogP contribution in [0.3, 0.4) is 0 Å². The molecule has 0 bridgehead atoms. The molecule has 0 aromatic carbocycles. The minimum Gasteiger partial charge on any atom is -0.313 e. The van der Waals surface area contributed by atoms with E-state index >= 15 is 0 Å². The third kappa shape index (κ3) is 4.88. The van der Waals surface area contributed by atoms with Crippen LogP contribution in [0.2, 0.25) is 0 Å². The summed E-state index contributed by atoms with van der Waals surface area (Å²) >= 11 is 0. The van der Waals surface area contributed by atoms with E-state index in [1.807, 2.05) is 12.4 Å². The van der Waals surface area contributed by atoms with E-state index in [2.05, 4.69) is 29.1 Å². The fourth-order valence-electron chi connectivity index (χ4n) is 1.35. The number of nitrogens with zero attached hydrogens (tertiary/aromatic N) is 2. The van der Waals surface area contributed by atoms with Crippen molar-refractivity contribution in [2.75, 3.05) is 6.54 Å². The Bertz CT molecular complexity index is 256. The van der Waals surface area contributed by atoms with Gasteiger partial charge in [-0.2, -0.15) is 0 Å². The third-order valence-electron chi connectivity index (χ3n) is 2.27. The molecule has 84 valence electrons. The molecule has 1 aromatic heterocycles. The third-order valence-corrected chi connectivity index (χ3v) is 2.27. The van der Waals surface area contributed by atoms with Gasteiger partial charge in [-0.3, -0.25) is 0 Å². The highest BCUT2D eigenvalue weighted by Crippen LogP contribution is 2.00. The molecular formula is C12H21N3. The quantitative estimate of drug-likeness (QED) is 0.697. The van der Waals surface area contributed by atoms with Crippen molar-refractivity contribution in [2.24, 2.45) is 0 Å². The van der Waals surface area contributed by atoms with Gasteiger partial charge in [0.05, 0.1) is 0 Å². The van der Waals surface area contributed by atoms with E-state index in [1.54, 1.807) is 0 Å². The standard InChI is InChI=1S/C12H21N3/c1-3-5-6-12-14-9-11(10-15-12)8-13-7-4-2/h9-10,13H,3-8H2,1-2H3. The lowest BCUT2D eigenvalue weighted by atomic mass is 10.2. The van der Waals surface area contributed by atoms with Gasteiger partial charge in [0, 0.05) is 30.9 Å². The van der Waals surface area contributed by atoms with Crippen molar-refractivity contribution < 1.29 is 0 Å². The van der Waals surface area contributed by atoms with Crippen LogP contribution in [0.25, 0.3) is 0 Å². The van der Waals surface area contributed by atoms with Gasteiger partial charge in [-0.15, -0.1) is 0 Å². The first-order chi connectivity index (χ1) is 7.36. The SMILES string of the molecule is CCCCc1ncc(CNCCC)cn1. The van der Waals surface area contributed by atoms with Crippen LogP contribution in [0.5, 0.6) is 0 Å². The Labute approximate surface area is 92.3 Å². The largest absolute Gasteiger partial charge is 0.313 e. The van der Waals surface area contributed by atoms with Gasteiger partial charge in [-0.05, 0) is 19.4 Å². The molecule has 3 nitrogen and oxygen atoms in total. The molecule has 1 aromatic rings. The molecule has 15 heavy (non-hydrogen) atoms. The summed E-state index contributed by atoms with van der Waals surface area (Å²) in [5, 5.41) is 3.33. The van der Waals surface area contributed by atoms with Crippen molar-refractivity contribution in [3.05, 3.63) is 23.8 Å². The van der Waals surface area contributed by atoms with Crippen LogP contribution >= 0.6 is 0 Å². The first-order valence-electron chi connectivity index (χ1n) is 5.87. The fraction of sp³-hybridized carbons (Fsp3) is 0.667. The minimum absolute atomic E-state index is 0.877. The Balaban J connectivity index is 2.35. The van der Waals surface area contributed by atoms with Crippen LogP contribution in [-0.2, 0) is 13.0 Å². The number of nitrogens with one attached hydrogen (secondary N) is 1. The zero-order chi connectivity index (χ0) is 10.9. The van der Waals surface area contributed by atoms with Crippen molar-refractivity contribution in [1.29, 1.82) is 0 Å². The van der Waals surface area contributed by atoms with Gasteiger partial charge in [0.25, 0.3) is 0 Å². The highest BCUT2D eigenvalue weighted by Gasteiger charge is 1.97. The molecule has 0 unspecified atom stereocenters. The summed E-state index contributed by atoms with van der Waals surface area (Å²) in [5.41, 5.74) is 1.17. The molecule has 1 N–H and O–H groups in total. The maximum absolute atomic E-state index is 4.34. The van der Waals surface area contributed by atoms with Gasteiger partial charge in [0.15, 0.2) is 0 Å². The van der Waals surface area contributed by atoms with Gasteiger partial charge in [0.1, 0.15) is 5.82 Å². The zero-order valence-corrected chi connectivity index (χ0v) is 9.79. The summed E-state index contributed by atoms with van der Waals surface area (Å²) in [4.78, 5) is 8.69. The molecular weight excluding hydrogens is 186 g/mol. The lowest BCUT2D eigenvalue weighted by Crippen LogP contribution is -2.14. The number of hydrogen-bond acceptors (Lipinski definition) is 3. The second kappa shape index (κ2) is 7.35. The van der Waals surface area contributed by atoms with Crippen molar-refractivity contribution in [1.82, 2.24) is 15.3 Å². The normalized spacial score (nSPS) is 10.5. The van der Waals surface area contributed by atoms with Crippen LogP contribution in [0.4, 0.5) is 0 Å². The molecule has 0 spiro atoms. The molecule has 3 heteroatoms. The monoisotopic (exact) mass is 207 g/mol. The molecule has 0 radical (unpaired) electrons. The number of aryl methyl sites for hydroxylation is 1. The average Bonchev–Trinajstić information content (AvgIpc) is 2.28. The number of rotatable bonds is 7. The highest BCUT2D eigenvalue weighted by atomic mass is 14.9. The van der Waals surface area contributed by atoms with Gasteiger partial charge >= 0.3 is 0 Å². The number of aromatic nitrogens is 2. The Morgan fingerprint density at radius 3 is 2.47 bits per heavy atom. The smallest absolute Gasteiger partial charge is 0.128 e. The molecule has 0 aliphatic heterocycles. The summed E-state index contributed by atoms with van der Waals surface area (Å²) in [6, 6.07) is 0. The Morgan fingerprint density at radius 1 is 1.13 bits per heavy atom. The van der Waals surface area contributed by atoms with E-state index in [9.17, 15) is 0 Å². The molecule has 1 rings (SSSR count). The Morgan fingerprint density at radius 2 is 1.87 bits per heavy atom. The van der Waals surface area contributed by atoms with E-state index in [1.165, 1.54) is 18.4 Å². The molecule has 0 aliphatic rings. The lowest BCUT2D eigenvalue weighted by Gasteiger charge is -2.03. The molecule has 1 heterocycles. The predicted molar refractivity (Wildman–Crippen MR) is 62.6 cm³/mol. The maximum Gasteiger partial charge on any atom is 0.128 e. The van der Waals surface area contributed by atoms with E-state index in [-0.39, 0.29) is 0 Å². The topological polar surface area (TPSA) is 37.8 Å². The summed E-state index contributed by atoms with van der Waals surface area (Å²) in [7, 11) is 0. The maximum atomic E-state index is 4.34. The molecule has 0 saturated carbocycles. The van der Waals surface area contributed by atoms with Crippen LogP contribution in [0.1, 0.15) is 44.5 Å². The minimum atomic E-state index is 0.877. The average molecular weight is 207 g/mol. The summed E-state index contributed by atoms with van der Waals surface area (Å²) in [6.07, 6.45) is 8.40. The van der Waals surface area contributed by atoms with Crippen LogP contribution in [-0.4, -0.2) is 16.5 Å². The van der Waals surface area contributed by atoms with Crippen molar-refractivity contribution in [3.63, 3.8) is 0 Å². The van der Waals surface area contributed by atoms with Crippen molar-refractivity contribution >= 4 is 0 Å². The van der Waals surface area contributed by atoms with E-state index < -0.39 is 0 Å². The Hall–Kier alpha value is -0.960. The van der Waals surface area contributed by atoms with E-state index in [0.717, 1.165) is 31.8 Å². The summed E-state index contributed by atoms with van der Waals surface area (Å²) in [6.45, 7) is 6.28. The zero-order valence-electron chi connectivity index (χ0n) is 9.79. The molecule has 0 saturated heterocycles. The molecule has 0 amide bonds. The van der Waals surface area contributed by atoms with Crippen molar-refractivity contribution in [2.45, 2.75) is 46.1 Å². The van der Waals surface area contributed by atoms with Crippen LogP contribution in [0.15, 0.2) is 12.4 Å². The first kappa shape index (κ1) is 12.1. The summed E-state index contributed by atoms with van der Waals surface area (Å²) < 4.78 is 0. The second-order valence-corrected chi connectivity index (χ2v) is 3.79. The predicted octanol–water partition coefficient (Wildman–Crippen LogP) is 2.32. The summed E-state index contributed by atoms with van der Waals surface area (Å²) in [5.74, 6) is 0.969. The van der Waals surface area contributed by atoms with Gasteiger partial charge < -0.3 is 5.32 Å². The molecule has 0 fully saturated rings. The number of hydrogen-bond donors (Lipinski definition) is 1. The fourth-order valence-corrected chi connectivity index (χ4v) is 1.35. The second-order valence-electron chi connectivity index (χ2n) is 3.79. The van der Waals surface area contributed by atoms with Gasteiger partial charge in [0.2, 0.25) is 0 Å².